The summed E-state index contributed by atoms with van der Waals surface area (Å²) in [5, 5.41) is 4.28. The standard InChI is InChI=1S/C51H35BN2O3/c1-29-24-25-37-46-38(26-29)53(31-15-5-3-6-16-31)39-27-41-45(36-22-13-21-34(50(36)56-41)33-19-10-9-14-30(33)2)51-47(39)52(46)48-43(57-51)28-42-44(35-20-11-12-23-40(35)55-42)49(48)54(37)32-17-7-4-8-18-32/h3-13,15-23,25-28,30H,14,24H2,1-2H3. The highest BCUT2D eigenvalue weighted by molar-refractivity contribution is 6.97. The lowest BCUT2D eigenvalue weighted by Gasteiger charge is -2.47. The lowest BCUT2D eigenvalue weighted by atomic mass is 9.31. The van der Waals surface area contributed by atoms with Gasteiger partial charge in [0.15, 0.2) is 0 Å². The Kier molecular flexibility index (Phi) is 6.22. The van der Waals surface area contributed by atoms with E-state index in [4.69, 9.17) is 13.6 Å². The molecule has 57 heavy (non-hydrogen) atoms. The third-order valence-electron chi connectivity index (χ3n) is 12.7. The van der Waals surface area contributed by atoms with Crippen LogP contribution in [-0.4, -0.2) is 6.71 Å². The van der Waals surface area contributed by atoms with Gasteiger partial charge in [-0.25, -0.2) is 0 Å². The van der Waals surface area contributed by atoms with E-state index in [0.717, 1.165) is 102 Å². The first-order valence-electron chi connectivity index (χ1n) is 20.0. The molecule has 0 spiro atoms. The molecular formula is C51H35BN2O3. The summed E-state index contributed by atoms with van der Waals surface area (Å²) in [6.07, 6.45) is 13.4. The van der Waals surface area contributed by atoms with Crippen LogP contribution in [0.1, 0.15) is 32.3 Å². The number of furan rings is 2. The highest BCUT2D eigenvalue weighted by atomic mass is 16.5. The molecule has 0 fully saturated rings. The molecule has 1 unspecified atom stereocenters. The van der Waals surface area contributed by atoms with Gasteiger partial charge in [-0.1, -0.05) is 110 Å². The van der Waals surface area contributed by atoms with Gasteiger partial charge in [-0.05, 0) is 84.1 Å². The Morgan fingerprint density at radius 3 is 2.30 bits per heavy atom. The summed E-state index contributed by atoms with van der Waals surface area (Å²) < 4.78 is 21.3. The summed E-state index contributed by atoms with van der Waals surface area (Å²) >= 11 is 0. The number of fused-ring (bicyclic) bond motifs is 8. The average molecular weight is 735 g/mol. The number of hydrogen-bond donors (Lipinski definition) is 0. The van der Waals surface area contributed by atoms with Crippen molar-refractivity contribution in [3.05, 3.63) is 174 Å². The van der Waals surface area contributed by atoms with E-state index in [2.05, 4.69) is 163 Å². The normalized spacial score (nSPS) is 17.9. The number of benzene rings is 6. The zero-order chi connectivity index (χ0) is 37.5. The molecule has 2 aromatic heterocycles. The molecule has 13 rings (SSSR count). The Bertz CT molecular complexity index is 3250. The SMILES string of the molecule is CC1=CC2=C3B4c5c(cc6oc7ccccc7c6c5N(c5ccccc5)C3=CC1)Oc1c4c(cc3oc4c(C5=CC=CCC5C)cccc4c13)N2c1ccccc1. The van der Waals surface area contributed by atoms with Gasteiger partial charge in [-0.15, -0.1) is 0 Å². The van der Waals surface area contributed by atoms with Gasteiger partial charge in [0.2, 0.25) is 0 Å². The number of ether oxygens (including phenoxy) is 1. The Hall–Kier alpha value is -6.92. The molecular weight excluding hydrogens is 699 g/mol. The van der Waals surface area contributed by atoms with E-state index in [0.29, 0.717) is 5.92 Å². The van der Waals surface area contributed by atoms with Gasteiger partial charge >= 0.3 is 0 Å². The second-order valence-corrected chi connectivity index (χ2v) is 16.1. The van der Waals surface area contributed by atoms with Gasteiger partial charge in [0.1, 0.15) is 33.8 Å². The zero-order valence-electron chi connectivity index (χ0n) is 31.5. The molecule has 5 aliphatic rings. The Labute approximate surface area is 329 Å². The molecule has 6 aromatic carbocycles. The van der Waals surface area contributed by atoms with Gasteiger partial charge < -0.3 is 23.4 Å². The smallest absolute Gasteiger partial charge is 0.261 e. The van der Waals surface area contributed by atoms with Crippen LogP contribution in [0.25, 0.3) is 49.5 Å². The number of anilines is 4. The van der Waals surface area contributed by atoms with Crippen molar-refractivity contribution >= 4 is 89.8 Å². The topological polar surface area (TPSA) is 42.0 Å². The highest BCUT2D eigenvalue weighted by Gasteiger charge is 2.52. The molecule has 0 amide bonds. The van der Waals surface area contributed by atoms with Crippen molar-refractivity contribution in [3.63, 3.8) is 0 Å². The summed E-state index contributed by atoms with van der Waals surface area (Å²) in [5.41, 5.74) is 17.5. The fourth-order valence-corrected chi connectivity index (χ4v) is 10.3. The third kappa shape index (κ3) is 4.14. The van der Waals surface area contributed by atoms with Gasteiger partial charge in [0, 0.05) is 56.9 Å². The van der Waals surface area contributed by atoms with Gasteiger partial charge in [-0.2, -0.15) is 0 Å². The van der Waals surface area contributed by atoms with Gasteiger partial charge in [0.05, 0.1) is 16.5 Å². The highest BCUT2D eigenvalue weighted by Crippen LogP contribution is 2.55. The van der Waals surface area contributed by atoms with Gasteiger partial charge in [0.25, 0.3) is 6.71 Å². The number of hydrogen-bond acceptors (Lipinski definition) is 5. The van der Waals surface area contributed by atoms with Gasteiger partial charge in [-0.3, -0.25) is 0 Å². The van der Waals surface area contributed by atoms with E-state index in [1.54, 1.807) is 0 Å². The van der Waals surface area contributed by atoms with Crippen molar-refractivity contribution < 1.29 is 13.6 Å². The van der Waals surface area contributed by atoms with Crippen LogP contribution >= 0.6 is 0 Å². The van der Waals surface area contributed by atoms with Crippen LogP contribution in [0.4, 0.5) is 22.7 Å². The molecule has 1 atom stereocenters. The van der Waals surface area contributed by atoms with Crippen molar-refractivity contribution in [3.8, 4) is 11.5 Å². The van der Waals surface area contributed by atoms with Crippen LogP contribution in [-0.2, 0) is 0 Å². The first kappa shape index (κ1) is 31.3. The van der Waals surface area contributed by atoms with Crippen LogP contribution in [0.15, 0.2) is 177 Å². The molecule has 0 bridgehead atoms. The molecule has 2 aliphatic carbocycles. The zero-order valence-corrected chi connectivity index (χ0v) is 31.5. The van der Waals surface area contributed by atoms with Crippen molar-refractivity contribution in [1.82, 2.24) is 0 Å². The number of rotatable bonds is 3. The average Bonchev–Trinajstić information content (AvgIpc) is 3.76. The van der Waals surface area contributed by atoms with Crippen molar-refractivity contribution in [2.75, 3.05) is 9.80 Å². The Morgan fingerprint density at radius 2 is 1.47 bits per heavy atom. The maximum atomic E-state index is 7.46. The molecule has 0 saturated carbocycles. The Morgan fingerprint density at radius 1 is 0.719 bits per heavy atom. The maximum absolute atomic E-state index is 7.46. The van der Waals surface area contributed by atoms with Crippen LogP contribution < -0.4 is 25.5 Å². The molecule has 6 heteroatoms. The molecule has 8 aromatic rings. The van der Waals surface area contributed by atoms with Crippen molar-refractivity contribution in [2.45, 2.75) is 26.7 Å². The summed E-state index contributed by atoms with van der Waals surface area (Å²) in [7, 11) is 0. The first-order chi connectivity index (χ1) is 28.1. The second-order valence-electron chi connectivity index (χ2n) is 16.1. The van der Waals surface area contributed by atoms with Crippen LogP contribution in [0, 0.1) is 5.92 Å². The maximum Gasteiger partial charge on any atom is 0.261 e. The van der Waals surface area contributed by atoms with E-state index in [-0.39, 0.29) is 6.71 Å². The second kappa shape index (κ2) is 11.3. The van der Waals surface area contributed by atoms with Crippen LogP contribution in [0.2, 0.25) is 0 Å². The van der Waals surface area contributed by atoms with Crippen molar-refractivity contribution in [1.29, 1.82) is 0 Å². The summed E-state index contributed by atoms with van der Waals surface area (Å²) in [5.74, 6) is 2.06. The first-order valence-corrected chi connectivity index (χ1v) is 20.0. The molecule has 5 nitrogen and oxygen atoms in total. The molecule has 0 N–H and O–H groups in total. The summed E-state index contributed by atoms with van der Waals surface area (Å²) in [6.45, 7) is 4.44. The third-order valence-corrected chi connectivity index (χ3v) is 12.7. The summed E-state index contributed by atoms with van der Waals surface area (Å²) in [6, 6.07) is 41.0. The predicted octanol–water partition coefficient (Wildman–Crippen LogP) is 12.5. The molecule has 5 heterocycles. The fraction of sp³-hybridized carbons (Fsp3) is 0.0980. The lowest BCUT2D eigenvalue weighted by molar-refractivity contribution is 0.492. The number of para-hydroxylation sites is 4. The van der Waals surface area contributed by atoms with E-state index < -0.39 is 0 Å². The largest absolute Gasteiger partial charge is 0.457 e. The minimum absolute atomic E-state index is 0.112. The van der Waals surface area contributed by atoms with Crippen LogP contribution in [0.5, 0.6) is 11.5 Å². The minimum atomic E-state index is -0.112. The van der Waals surface area contributed by atoms with Crippen LogP contribution in [0.3, 0.4) is 0 Å². The fourth-order valence-electron chi connectivity index (χ4n) is 10.3. The summed E-state index contributed by atoms with van der Waals surface area (Å²) in [4.78, 5) is 4.93. The van der Waals surface area contributed by atoms with E-state index in [1.807, 2.05) is 6.07 Å². The van der Waals surface area contributed by atoms with E-state index in [1.165, 1.54) is 33.5 Å². The van der Waals surface area contributed by atoms with E-state index in [9.17, 15) is 0 Å². The van der Waals surface area contributed by atoms with E-state index >= 15 is 0 Å². The molecule has 0 saturated heterocycles. The quantitative estimate of drug-likeness (QED) is 0.169. The minimum Gasteiger partial charge on any atom is -0.457 e. The number of nitrogens with zero attached hydrogens (tertiary/aromatic N) is 2. The molecule has 0 radical (unpaired) electrons. The monoisotopic (exact) mass is 734 g/mol. The predicted molar refractivity (Wildman–Crippen MR) is 234 cm³/mol. The lowest BCUT2D eigenvalue weighted by Crippen LogP contribution is -2.58. The Balaban J connectivity index is 1.22. The molecule has 270 valence electrons. The number of allylic oxidation sites excluding steroid dienone is 8. The van der Waals surface area contributed by atoms with Crippen molar-refractivity contribution in [2.24, 2.45) is 5.92 Å². The molecule has 3 aliphatic heterocycles.